The summed E-state index contributed by atoms with van der Waals surface area (Å²) in [5.74, 6) is 1.51. The standard InChI is InChI=1S/C31H35N3O5/c1-19(2)38-31(35)33-22-9-7-21(8-10-22)30-29(27-18-37-20(3)32-27)26-12-11-25(39-24-13-15-36-16-14-24)17-28(26)34(30)23-5-4-6-23/h7-12,17-19,23-24H,4-6,13-16H2,1-3H3,(H,33,35). The molecule has 8 heteroatoms. The Labute approximate surface area is 228 Å². The van der Waals surface area contributed by atoms with Gasteiger partial charge < -0.3 is 23.2 Å². The van der Waals surface area contributed by atoms with E-state index in [9.17, 15) is 4.79 Å². The van der Waals surface area contributed by atoms with Gasteiger partial charge in [-0.3, -0.25) is 5.32 Å². The molecule has 1 amide bonds. The van der Waals surface area contributed by atoms with Crippen LogP contribution in [0.4, 0.5) is 10.5 Å². The molecule has 8 nitrogen and oxygen atoms in total. The highest BCUT2D eigenvalue weighted by Crippen LogP contribution is 2.47. The second-order valence-corrected chi connectivity index (χ2v) is 10.7. The molecule has 2 aliphatic rings. The van der Waals surface area contributed by atoms with Gasteiger partial charge in [-0.2, -0.15) is 0 Å². The Morgan fingerprint density at radius 1 is 1.08 bits per heavy atom. The number of hydrogen-bond acceptors (Lipinski definition) is 6. The van der Waals surface area contributed by atoms with Gasteiger partial charge in [0.25, 0.3) is 0 Å². The molecule has 3 heterocycles. The van der Waals surface area contributed by atoms with Crippen LogP contribution in [0.3, 0.4) is 0 Å². The lowest BCUT2D eigenvalue weighted by Crippen LogP contribution is -2.25. The first-order valence-electron chi connectivity index (χ1n) is 13.9. The summed E-state index contributed by atoms with van der Waals surface area (Å²) in [6, 6.07) is 14.7. The molecule has 0 radical (unpaired) electrons. The smallest absolute Gasteiger partial charge is 0.411 e. The van der Waals surface area contributed by atoms with E-state index in [0.29, 0.717) is 17.6 Å². The van der Waals surface area contributed by atoms with Crippen molar-refractivity contribution in [3.8, 4) is 28.3 Å². The van der Waals surface area contributed by atoms with Crippen molar-refractivity contribution in [3.05, 3.63) is 54.6 Å². The van der Waals surface area contributed by atoms with E-state index in [-0.39, 0.29) is 12.2 Å². The average Bonchev–Trinajstić information content (AvgIpc) is 3.45. The van der Waals surface area contributed by atoms with Crippen LogP contribution < -0.4 is 10.1 Å². The zero-order valence-electron chi connectivity index (χ0n) is 22.7. The Morgan fingerprint density at radius 2 is 1.85 bits per heavy atom. The molecule has 1 aliphatic carbocycles. The first kappa shape index (κ1) is 25.5. The Hall–Kier alpha value is -3.78. The van der Waals surface area contributed by atoms with Crippen LogP contribution in [0.1, 0.15) is 57.9 Å². The number of carbonyl (C=O) groups is 1. The molecule has 2 aromatic heterocycles. The van der Waals surface area contributed by atoms with E-state index in [0.717, 1.165) is 78.1 Å². The number of fused-ring (bicyclic) bond motifs is 1. The number of ether oxygens (including phenoxy) is 3. The van der Waals surface area contributed by atoms with E-state index in [1.807, 2.05) is 45.0 Å². The summed E-state index contributed by atoms with van der Waals surface area (Å²) in [4.78, 5) is 16.9. The lowest BCUT2D eigenvalue weighted by atomic mass is 9.92. The molecule has 0 atom stereocenters. The van der Waals surface area contributed by atoms with Crippen molar-refractivity contribution in [2.75, 3.05) is 18.5 Å². The van der Waals surface area contributed by atoms with Gasteiger partial charge in [0.15, 0.2) is 5.89 Å². The first-order chi connectivity index (χ1) is 19.0. The largest absolute Gasteiger partial charge is 0.490 e. The van der Waals surface area contributed by atoms with E-state index in [4.69, 9.17) is 23.6 Å². The molecule has 4 aromatic rings. The van der Waals surface area contributed by atoms with Crippen LogP contribution in [0.15, 0.2) is 53.1 Å². The van der Waals surface area contributed by atoms with Gasteiger partial charge in [-0.25, -0.2) is 9.78 Å². The molecule has 0 spiro atoms. The zero-order chi connectivity index (χ0) is 26.9. The van der Waals surface area contributed by atoms with Crippen LogP contribution >= 0.6 is 0 Å². The summed E-state index contributed by atoms with van der Waals surface area (Å²) in [5, 5.41) is 3.93. The van der Waals surface area contributed by atoms with Crippen molar-refractivity contribution in [2.24, 2.45) is 0 Å². The molecule has 1 saturated heterocycles. The van der Waals surface area contributed by atoms with E-state index < -0.39 is 6.09 Å². The molecule has 1 N–H and O–H groups in total. The number of benzene rings is 2. The van der Waals surface area contributed by atoms with Crippen LogP contribution in [-0.4, -0.2) is 41.1 Å². The maximum absolute atomic E-state index is 12.1. The maximum Gasteiger partial charge on any atom is 0.411 e. The van der Waals surface area contributed by atoms with E-state index >= 15 is 0 Å². The van der Waals surface area contributed by atoms with Gasteiger partial charge in [0, 0.05) is 48.5 Å². The lowest BCUT2D eigenvalue weighted by molar-refractivity contribution is 0.0256. The number of aromatic nitrogens is 2. The van der Waals surface area contributed by atoms with Crippen LogP contribution in [0, 0.1) is 6.92 Å². The summed E-state index contributed by atoms with van der Waals surface area (Å²) >= 11 is 0. The second-order valence-electron chi connectivity index (χ2n) is 10.7. The molecule has 2 aromatic carbocycles. The average molecular weight is 530 g/mol. The van der Waals surface area contributed by atoms with E-state index in [1.165, 1.54) is 6.42 Å². The Morgan fingerprint density at radius 3 is 2.49 bits per heavy atom. The topological polar surface area (TPSA) is 87.8 Å². The SMILES string of the molecule is Cc1nc(-c2c(-c3ccc(NC(=O)OC(C)C)cc3)n(C3CCC3)c3cc(OC4CCOCC4)ccc23)co1. The molecule has 0 bridgehead atoms. The van der Waals surface area contributed by atoms with Gasteiger partial charge >= 0.3 is 6.09 Å². The molecular formula is C31H35N3O5. The van der Waals surface area contributed by atoms with Gasteiger partial charge in [-0.15, -0.1) is 0 Å². The number of aryl methyl sites for hydroxylation is 1. The number of anilines is 1. The highest BCUT2D eigenvalue weighted by Gasteiger charge is 2.30. The summed E-state index contributed by atoms with van der Waals surface area (Å²) < 4.78 is 25.3. The monoisotopic (exact) mass is 529 g/mol. The van der Waals surface area contributed by atoms with Crippen LogP contribution in [0.25, 0.3) is 33.4 Å². The minimum absolute atomic E-state index is 0.169. The molecule has 1 saturated carbocycles. The van der Waals surface area contributed by atoms with Crippen molar-refractivity contribution in [3.63, 3.8) is 0 Å². The van der Waals surface area contributed by atoms with Crippen molar-refractivity contribution in [1.29, 1.82) is 0 Å². The molecule has 6 rings (SSSR count). The number of nitrogens with one attached hydrogen (secondary N) is 1. The third kappa shape index (κ3) is 5.26. The molecular weight excluding hydrogens is 494 g/mol. The third-order valence-corrected chi connectivity index (χ3v) is 7.51. The minimum Gasteiger partial charge on any atom is -0.490 e. The normalized spacial score (nSPS) is 16.4. The predicted molar refractivity (Wildman–Crippen MR) is 150 cm³/mol. The van der Waals surface area contributed by atoms with Gasteiger partial charge in [-0.1, -0.05) is 12.1 Å². The highest BCUT2D eigenvalue weighted by atomic mass is 16.6. The zero-order valence-corrected chi connectivity index (χ0v) is 22.7. The van der Waals surface area contributed by atoms with Crippen molar-refractivity contribution in [1.82, 2.24) is 9.55 Å². The maximum atomic E-state index is 12.1. The van der Waals surface area contributed by atoms with Crippen molar-refractivity contribution in [2.45, 2.75) is 71.1 Å². The van der Waals surface area contributed by atoms with Crippen molar-refractivity contribution >= 4 is 22.7 Å². The summed E-state index contributed by atoms with van der Waals surface area (Å²) in [5.41, 5.74) is 5.82. The molecule has 2 fully saturated rings. The second kappa shape index (κ2) is 10.8. The lowest BCUT2D eigenvalue weighted by Gasteiger charge is -2.30. The summed E-state index contributed by atoms with van der Waals surface area (Å²) in [7, 11) is 0. The Kier molecular flexibility index (Phi) is 7.04. The minimum atomic E-state index is -0.461. The van der Waals surface area contributed by atoms with Gasteiger partial charge in [0.1, 0.15) is 23.8 Å². The molecule has 1 aliphatic heterocycles. The quantitative estimate of drug-likeness (QED) is 0.267. The molecule has 204 valence electrons. The number of carbonyl (C=O) groups excluding carboxylic acids is 1. The fraction of sp³-hybridized carbons (Fsp3) is 0.419. The number of hydrogen-bond donors (Lipinski definition) is 1. The van der Waals surface area contributed by atoms with Crippen LogP contribution in [0.5, 0.6) is 5.75 Å². The van der Waals surface area contributed by atoms with Gasteiger partial charge in [-0.05, 0) is 62.9 Å². The fourth-order valence-electron chi connectivity index (χ4n) is 5.47. The predicted octanol–water partition coefficient (Wildman–Crippen LogP) is 7.51. The van der Waals surface area contributed by atoms with Gasteiger partial charge in [0.2, 0.25) is 0 Å². The van der Waals surface area contributed by atoms with Crippen LogP contribution in [0.2, 0.25) is 0 Å². The fourth-order valence-corrected chi connectivity index (χ4v) is 5.47. The molecule has 0 unspecified atom stereocenters. The third-order valence-electron chi connectivity index (χ3n) is 7.51. The number of rotatable bonds is 7. The summed E-state index contributed by atoms with van der Waals surface area (Å²) in [6.45, 7) is 7.01. The molecule has 39 heavy (non-hydrogen) atoms. The highest BCUT2D eigenvalue weighted by molar-refractivity contribution is 6.04. The Balaban J connectivity index is 1.45. The van der Waals surface area contributed by atoms with Crippen LogP contribution in [-0.2, 0) is 9.47 Å². The number of oxazole rings is 1. The number of nitrogens with zero attached hydrogens (tertiary/aromatic N) is 2. The van der Waals surface area contributed by atoms with Gasteiger partial charge in [0.05, 0.1) is 30.5 Å². The number of amides is 1. The first-order valence-corrected chi connectivity index (χ1v) is 13.9. The van der Waals surface area contributed by atoms with E-state index in [2.05, 4.69) is 28.1 Å². The van der Waals surface area contributed by atoms with Crippen molar-refractivity contribution < 1.29 is 23.4 Å². The Bertz CT molecular complexity index is 1460. The van der Waals surface area contributed by atoms with E-state index in [1.54, 1.807) is 6.26 Å². The summed E-state index contributed by atoms with van der Waals surface area (Å²) in [6.07, 6.45) is 6.53.